The highest BCUT2D eigenvalue weighted by Crippen LogP contribution is 2.35. The van der Waals surface area contributed by atoms with Crippen molar-refractivity contribution in [3.63, 3.8) is 0 Å². The number of hydrogen-bond donors (Lipinski definition) is 12. The number of aliphatic carboxylic acids is 3. The van der Waals surface area contributed by atoms with Crippen LogP contribution in [0.5, 0.6) is 46.0 Å². The molecule has 4 aromatic rings. The molecule has 0 amide bonds. The molecule has 0 aromatic heterocycles. The predicted octanol–water partition coefficient (Wildman–Crippen LogP) is 1.71. The number of aliphatic hydroxyl groups is 1. The number of esters is 3. The summed E-state index contributed by atoms with van der Waals surface area (Å²) in [5.74, 6) is -24.5. The number of benzene rings is 4. The van der Waals surface area contributed by atoms with Crippen molar-refractivity contribution in [1.29, 1.82) is 0 Å². The Kier molecular flexibility index (Phi) is 15.4. The molecule has 0 bridgehead atoms. The average Bonchev–Trinajstić information content (AvgIpc) is 3.27. The number of rotatable bonds is 19. The summed E-state index contributed by atoms with van der Waals surface area (Å²) in [6.45, 7) is 0. The number of aromatic hydroxyl groups is 8. The largest absolute Gasteiger partial charge is 0.504 e. The number of carbonyl (C=O) groups excluding carboxylic acids is 5. The van der Waals surface area contributed by atoms with Gasteiger partial charge < -0.3 is 75.5 Å². The number of phenols is 8. The lowest BCUT2D eigenvalue weighted by Gasteiger charge is -2.37. The van der Waals surface area contributed by atoms with Crippen LogP contribution in [0.3, 0.4) is 0 Å². The third-order valence-corrected chi connectivity index (χ3v) is 8.99. The summed E-state index contributed by atoms with van der Waals surface area (Å²) in [5.41, 5.74) is -10.2. The molecule has 348 valence electrons. The van der Waals surface area contributed by atoms with Crippen LogP contribution in [-0.2, 0) is 52.6 Å². The normalized spacial score (nSPS) is 14.2. The molecular weight excluding hydrogens is 896 g/mol. The fraction of sp³-hybridized carbons (Fsp3) is 0.0909. The van der Waals surface area contributed by atoms with E-state index in [9.17, 15) is 99.6 Å². The maximum atomic E-state index is 14.2. The van der Waals surface area contributed by atoms with Crippen LogP contribution in [0, 0.1) is 0 Å². The second-order valence-corrected chi connectivity index (χ2v) is 13.5. The SMILES string of the molecule is O=C(C=Cc1ccc(O)c(O)c1)O[C@H](C(=O)O)[C@H](OC(=O)C=Cc1ccc(O)c(O)c1)C(=O)O[C@@](C(=O)O)(C(=O)C=Cc1ccc(O)c(O)c1)[C@](O)(C(=O)O)C(=O)C=Cc1ccc(O)c(O)c1. The Labute approximate surface area is 373 Å². The maximum absolute atomic E-state index is 14.2. The molecule has 0 spiro atoms. The molecule has 0 unspecified atom stereocenters. The lowest BCUT2D eigenvalue weighted by Crippen LogP contribution is -2.73. The number of ether oxygens (including phenoxy) is 3. The van der Waals surface area contributed by atoms with Crippen molar-refractivity contribution < 1.29 is 114 Å². The number of ketones is 2. The minimum atomic E-state index is -4.81. The molecule has 0 radical (unpaired) electrons. The fourth-order valence-corrected chi connectivity index (χ4v) is 5.54. The zero-order valence-electron chi connectivity index (χ0n) is 33.6. The van der Waals surface area contributed by atoms with Gasteiger partial charge in [-0.3, -0.25) is 9.59 Å². The molecule has 4 rings (SSSR count). The van der Waals surface area contributed by atoms with Gasteiger partial charge >= 0.3 is 41.4 Å². The zero-order valence-corrected chi connectivity index (χ0v) is 33.6. The second-order valence-electron chi connectivity index (χ2n) is 13.5. The Balaban J connectivity index is 1.92. The van der Waals surface area contributed by atoms with Crippen LogP contribution in [0.1, 0.15) is 22.3 Å². The average molecular weight is 931 g/mol. The van der Waals surface area contributed by atoms with Gasteiger partial charge in [0.2, 0.25) is 23.8 Å². The lowest BCUT2D eigenvalue weighted by molar-refractivity contribution is -0.221. The van der Waals surface area contributed by atoms with Gasteiger partial charge in [-0.2, -0.15) is 0 Å². The highest BCUT2D eigenvalue weighted by atomic mass is 16.6. The molecule has 0 aliphatic heterocycles. The summed E-state index contributed by atoms with van der Waals surface area (Å²) in [5, 5.41) is 121. The molecule has 0 heterocycles. The van der Waals surface area contributed by atoms with Gasteiger partial charge in [0.15, 0.2) is 46.0 Å². The summed E-state index contributed by atoms with van der Waals surface area (Å²) in [4.78, 5) is 107. The van der Waals surface area contributed by atoms with E-state index in [0.29, 0.717) is 24.3 Å². The van der Waals surface area contributed by atoms with E-state index in [2.05, 4.69) is 0 Å². The first-order chi connectivity index (χ1) is 31.4. The van der Waals surface area contributed by atoms with Gasteiger partial charge in [0.1, 0.15) is 0 Å². The highest BCUT2D eigenvalue weighted by Gasteiger charge is 2.73. The van der Waals surface area contributed by atoms with Crippen LogP contribution in [0.4, 0.5) is 0 Å². The molecule has 67 heavy (non-hydrogen) atoms. The van der Waals surface area contributed by atoms with Crippen molar-refractivity contribution in [2.24, 2.45) is 0 Å². The van der Waals surface area contributed by atoms with Crippen molar-refractivity contribution in [2.45, 2.75) is 23.4 Å². The first-order valence-corrected chi connectivity index (χ1v) is 18.4. The molecule has 23 nitrogen and oxygen atoms in total. The quantitative estimate of drug-likeness (QED) is 0.0209. The van der Waals surface area contributed by atoms with E-state index in [4.69, 9.17) is 14.2 Å². The van der Waals surface area contributed by atoms with Gasteiger partial charge in [0.25, 0.3) is 5.60 Å². The Hall–Kier alpha value is -9.64. The van der Waals surface area contributed by atoms with Crippen LogP contribution >= 0.6 is 0 Å². The lowest BCUT2D eigenvalue weighted by atomic mass is 9.75. The van der Waals surface area contributed by atoms with Crippen LogP contribution in [-0.4, -0.2) is 132 Å². The number of phenolic OH excluding ortho intramolecular Hbond substituents is 8. The van der Waals surface area contributed by atoms with Gasteiger partial charge in [-0.05, 0) is 95.1 Å². The predicted molar refractivity (Wildman–Crippen MR) is 222 cm³/mol. The summed E-state index contributed by atoms with van der Waals surface area (Å²) in [7, 11) is 0. The monoisotopic (exact) mass is 930 g/mol. The van der Waals surface area contributed by atoms with E-state index in [1.54, 1.807) is 0 Å². The van der Waals surface area contributed by atoms with E-state index < -0.39 is 117 Å². The summed E-state index contributed by atoms with van der Waals surface area (Å²) >= 11 is 0. The minimum absolute atomic E-state index is 0.0267. The third kappa shape index (κ3) is 11.5. The van der Waals surface area contributed by atoms with Crippen LogP contribution < -0.4 is 0 Å². The maximum Gasteiger partial charge on any atom is 0.360 e. The van der Waals surface area contributed by atoms with Crippen LogP contribution in [0.15, 0.2) is 97.1 Å². The van der Waals surface area contributed by atoms with Crippen LogP contribution in [0.25, 0.3) is 24.3 Å². The molecular formula is C44H34O23. The van der Waals surface area contributed by atoms with Gasteiger partial charge in [-0.15, -0.1) is 0 Å². The van der Waals surface area contributed by atoms with E-state index in [1.165, 1.54) is 0 Å². The Morgan fingerprint density at radius 3 is 1.07 bits per heavy atom. The molecule has 4 aromatic carbocycles. The minimum Gasteiger partial charge on any atom is -0.504 e. The highest BCUT2D eigenvalue weighted by molar-refractivity contribution is 6.28. The molecule has 4 atom stereocenters. The fourth-order valence-electron chi connectivity index (χ4n) is 5.54. The topological polar surface area (TPSA) is 407 Å². The van der Waals surface area contributed by atoms with Gasteiger partial charge in [0, 0.05) is 12.2 Å². The Bertz CT molecular complexity index is 2780. The van der Waals surface area contributed by atoms with Crippen molar-refractivity contribution >= 4 is 71.7 Å². The zero-order chi connectivity index (χ0) is 50.0. The number of hydrogen-bond acceptors (Lipinski definition) is 20. The smallest absolute Gasteiger partial charge is 0.360 e. The van der Waals surface area contributed by atoms with E-state index in [-0.39, 0.29) is 34.4 Å². The van der Waals surface area contributed by atoms with E-state index >= 15 is 0 Å². The number of carboxylic acids is 3. The summed E-state index contributed by atoms with van der Waals surface area (Å²) in [6, 6.07) is 11.3. The molecule has 0 aliphatic rings. The van der Waals surface area contributed by atoms with Gasteiger partial charge in [-0.1, -0.05) is 36.4 Å². The Morgan fingerprint density at radius 1 is 0.433 bits per heavy atom. The first-order valence-electron chi connectivity index (χ1n) is 18.4. The van der Waals surface area contributed by atoms with Gasteiger partial charge in [0.05, 0.1) is 0 Å². The second kappa shape index (κ2) is 20.7. The van der Waals surface area contributed by atoms with Crippen molar-refractivity contribution in [2.75, 3.05) is 0 Å². The summed E-state index contributed by atoms with van der Waals surface area (Å²) in [6.07, 6.45) is -2.40. The molecule has 23 heteroatoms. The summed E-state index contributed by atoms with van der Waals surface area (Å²) < 4.78 is 14.6. The Morgan fingerprint density at radius 2 is 0.761 bits per heavy atom. The van der Waals surface area contributed by atoms with Crippen molar-refractivity contribution in [1.82, 2.24) is 0 Å². The standard InChI is InChI=1S/C44H34O23/c45-25-9-1-21(17-29(25)49)5-13-33(53)43(64,41(60)61)44(42(62)63,34(54)14-6-22-2-10-26(46)30(50)18-22)67-40(59)38(66-36(56)16-8-24-4-12-28(48)32(52)20-24)37(39(57)58)65-35(55)15-7-23-3-11-27(47)31(51)19-23/h1-20,37-38,45-52,64H,(H,57,58)(H,60,61)(H,62,63)/t37-,38-,43+,44+/m0/s1. The third-order valence-electron chi connectivity index (χ3n) is 8.99. The number of carbonyl (C=O) groups is 8. The van der Waals surface area contributed by atoms with Crippen molar-refractivity contribution in [3.05, 3.63) is 119 Å². The van der Waals surface area contributed by atoms with E-state index in [0.717, 1.165) is 84.9 Å². The molecule has 0 aliphatic carbocycles. The molecule has 0 saturated heterocycles. The molecule has 12 N–H and O–H groups in total. The van der Waals surface area contributed by atoms with Gasteiger partial charge in [-0.25, -0.2) is 28.8 Å². The molecule has 0 saturated carbocycles. The number of carboxylic acid groups (broad SMARTS) is 3. The first kappa shape index (κ1) is 50.0. The van der Waals surface area contributed by atoms with Crippen molar-refractivity contribution in [3.8, 4) is 46.0 Å². The molecule has 0 fully saturated rings. The van der Waals surface area contributed by atoms with E-state index in [1.807, 2.05) is 0 Å². The van der Waals surface area contributed by atoms with Crippen LogP contribution in [0.2, 0.25) is 0 Å².